The zero-order chi connectivity index (χ0) is 16.6. The monoisotopic (exact) mass is 319 g/mol. The molecule has 2 aliphatic rings. The lowest BCUT2D eigenvalue weighted by Gasteiger charge is -2.42. The van der Waals surface area contributed by atoms with Gasteiger partial charge in [-0.1, -0.05) is 25.7 Å². The molecule has 1 aliphatic carbocycles. The highest BCUT2D eigenvalue weighted by Gasteiger charge is 2.43. The summed E-state index contributed by atoms with van der Waals surface area (Å²) in [6.45, 7) is 4.70. The van der Waals surface area contributed by atoms with Crippen molar-refractivity contribution in [1.29, 1.82) is 0 Å². The van der Waals surface area contributed by atoms with Crippen molar-refractivity contribution in [3.63, 3.8) is 0 Å². The molecule has 1 aliphatic heterocycles. The second-order valence-electron chi connectivity index (χ2n) is 7.54. The van der Waals surface area contributed by atoms with Crippen molar-refractivity contribution in [2.45, 2.75) is 63.7 Å². The second kappa shape index (κ2) is 6.21. The number of anilines is 2. The van der Waals surface area contributed by atoms with E-state index in [0.29, 0.717) is 17.1 Å². The average molecular weight is 319 g/mol. The van der Waals surface area contributed by atoms with Gasteiger partial charge in [-0.2, -0.15) is 0 Å². The van der Waals surface area contributed by atoms with Gasteiger partial charge in [-0.15, -0.1) is 0 Å². The topological polar surface area (TPSA) is 93.5 Å². The van der Waals surface area contributed by atoms with E-state index in [9.17, 15) is 5.11 Å². The van der Waals surface area contributed by atoms with Crippen LogP contribution in [0.1, 0.15) is 57.6 Å². The van der Waals surface area contributed by atoms with Crippen LogP contribution in [0.5, 0.6) is 5.75 Å². The number of hydrogen-bond acceptors (Lipinski definition) is 5. The number of aliphatic hydroxyl groups is 1. The number of hydrogen-bond donors (Lipinski definition) is 4. The molecule has 1 saturated carbocycles. The molecule has 1 fully saturated rings. The number of nitrogen functional groups attached to an aromatic ring is 2. The van der Waals surface area contributed by atoms with E-state index in [1.807, 2.05) is 19.9 Å². The third-order valence-electron chi connectivity index (χ3n) is 5.34. The zero-order valence-corrected chi connectivity index (χ0v) is 14.1. The number of aliphatic hydroxyl groups excluding tert-OH is 1. The van der Waals surface area contributed by atoms with Crippen LogP contribution in [0.2, 0.25) is 0 Å². The largest absolute Gasteiger partial charge is 0.485 e. The molecular formula is C18H29N3O2. The van der Waals surface area contributed by atoms with Crippen LogP contribution < -0.4 is 21.5 Å². The average Bonchev–Trinajstić information content (AvgIpc) is 2.99. The van der Waals surface area contributed by atoms with Gasteiger partial charge in [0.25, 0.3) is 0 Å². The molecule has 1 heterocycles. The molecule has 0 aromatic heterocycles. The van der Waals surface area contributed by atoms with Gasteiger partial charge in [-0.05, 0) is 38.8 Å². The molecule has 1 aromatic carbocycles. The fourth-order valence-corrected chi connectivity index (χ4v) is 3.84. The van der Waals surface area contributed by atoms with Gasteiger partial charge in [0.2, 0.25) is 0 Å². The van der Waals surface area contributed by atoms with Crippen LogP contribution in [0.15, 0.2) is 12.1 Å². The van der Waals surface area contributed by atoms with Gasteiger partial charge < -0.3 is 26.6 Å². The maximum atomic E-state index is 10.7. The standard InChI is InChI=1S/C18H29N3O2/c1-18(2)17(22)16(21-8-7-11-5-3-4-6-11)12-9-13(19)14(20)10-15(12)23-18/h9-11,16-17,21-22H,3-8,19-20H2,1-2H3/t16-,17+/m0/s1. The normalized spacial score (nSPS) is 26.7. The number of nitrogens with one attached hydrogen (secondary N) is 1. The maximum Gasteiger partial charge on any atom is 0.131 e. The van der Waals surface area contributed by atoms with Gasteiger partial charge in [0.1, 0.15) is 17.5 Å². The molecule has 1 aromatic rings. The van der Waals surface area contributed by atoms with Crippen molar-refractivity contribution in [3.8, 4) is 5.75 Å². The van der Waals surface area contributed by atoms with Crippen molar-refractivity contribution in [2.75, 3.05) is 18.0 Å². The molecule has 3 rings (SSSR count). The summed E-state index contributed by atoms with van der Waals surface area (Å²) in [5, 5.41) is 14.3. The molecule has 0 spiro atoms. The van der Waals surface area contributed by atoms with Crippen LogP contribution >= 0.6 is 0 Å². The first-order chi connectivity index (χ1) is 10.9. The third-order valence-corrected chi connectivity index (χ3v) is 5.34. The smallest absolute Gasteiger partial charge is 0.131 e. The fourth-order valence-electron chi connectivity index (χ4n) is 3.84. The molecular weight excluding hydrogens is 290 g/mol. The minimum atomic E-state index is -0.666. The summed E-state index contributed by atoms with van der Waals surface area (Å²) >= 11 is 0. The minimum absolute atomic E-state index is 0.182. The Balaban J connectivity index is 1.78. The first-order valence-electron chi connectivity index (χ1n) is 8.68. The number of ether oxygens (including phenoxy) is 1. The molecule has 0 saturated heterocycles. The second-order valence-corrected chi connectivity index (χ2v) is 7.54. The van der Waals surface area contributed by atoms with Gasteiger partial charge in [0, 0.05) is 11.6 Å². The summed E-state index contributed by atoms with van der Waals surface area (Å²) in [7, 11) is 0. The minimum Gasteiger partial charge on any atom is -0.485 e. The highest BCUT2D eigenvalue weighted by atomic mass is 16.5. The van der Waals surface area contributed by atoms with Crippen molar-refractivity contribution < 1.29 is 9.84 Å². The SMILES string of the molecule is CC1(C)Oc2cc(N)c(N)cc2[C@H](NCCC2CCCC2)[C@H]1O. The van der Waals surface area contributed by atoms with E-state index in [2.05, 4.69) is 5.32 Å². The lowest BCUT2D eigenvalue weighted by atomic mass is 9.86. The Kier molecular flexibility index (Phi) is 4.43. The van der Waals surface area contributed by atoms with E-state index in [1.165, 1.54) is 25.7 Å². The highest BCUT2D eigenvalue weighted by molar-refractivity contribution is 5.68. The third kappa shape index (κ3) is 3.26. The maximum absolute atomic E-state index is 10.7. The van der Waals surface area contributed by atoms with Gasteiger partial charge >= 0.3 is 0 Å². The molecule has 5 nitrogen and oxygen atoms in total. The predicted octanol–water partition coefficient (Wildman–Crippen LogP) is 2.59. The molecule has 128 valence electrons. The quantitative estimate of drug-likeness (QED) is 0.640. The molecule has 2 atom stereocenters. The summed E-state index contributed by atoms with van der Waals surface area (Å²) in [5.41, 5.74) is 13.1. The Morgan fingerprint density at radius 3 is 2.57 bits per heavy atom. The molecule has 0 amide bonds. The Morgan fingerprint density at radius 2 is 1.87 bits per heavy atom. The van der Waals surface area contributed by atoms with Gasteiger partial charge in [-0.3, -0.25) is 0 Å². The highest BCUT2D eigenvalue weighted by Crippen LogP contribution is 2.42. The van der Waals surface area contributed by atoms with Crippen molar-refractivity contribution in [3.05, 3.63) is 17.7 Å². The molecule has 5 heteroatoms. The van der Waals surface area contributed by atoms with Crippen LogP contribution in [0.4, 0.5) is 11.4 Å². The van der Waals surface area contributed by atoms with Gasteiger partial charge in [-0.25, -0.2) is 0 Å². The van der Waals surface area contributed by atoms with E-state index in [0.717, 1.165) is 24.4 Å². The van der Waals surface area contributed by atoms with Crippen LogP contribution in [0.3, 0.4) is 0 Å². The number of benzene rings is 1. The fraction of sp³-hybridized carbons (Fsp3) is 0.667. The number of nitrogens with two attached hydrogens (primary N) is 2. The first kappa shape index (κ1) is 16.4. The van der Waals surface area contributed by atoms with E-state index >= 15 is 0 Å². The molecule has 0 radical (unpaired) electrons. The number of rotatable bonds is 4. The summed E-state index contributed by atoms with van der Waals surface area (Å²) in [5.74, 6) is 1.54. The lowest BCUT2D eigenvalue weighted by molar-refractivity contribution is -0.0645. The molecule has 0 bridgehead atoms. The Bertz CT molecular complexity index is 568. The Labute approximate surface area is 138 Å². The zero-order valence-electron chi connectivity index (χ0n) is 14.1. The van der Waals surface area contributed by atoms with E-state index < -0.39 is 11.7 Å². The summed E-state index contributed by atoms with van der Waals surface area (Å²) < 4.78 is 5.95. The van der Waals surface area contributed by atoms with Gasteiger partial charge in [0.05, 0.1) is 17.4 Å². The van der Waals surface area contributed by atoms with Crippen molar-refractivity contribution >= 4 is 11.4 Å². The first-order valence-corrected chi connectivity index (χ1v) is 8.68. The number of fused-ring (bicyclic) bond motifs is 1. The van der Waals surface area contributed by atoms with E-state index in [4.69, 9.17) is 16.2 Å². The van der Waals surface area contributed by atoms with Crippen LogP contribution in [-0.4, -0.2) is 23.4 Å². The molecule has 23 heavy (non-hydrogen) atoms. The lowest BCUT2D eigenvalue weighted by Crippen LogP contribution is -2.52. The Hall–Kier alpha value is -1.46. The predicted molar refractivity (Wildman–Crippen MR) is 93.3 cm³/mol. The van der Waals surface area contributed by atoms with Crippen molar-refractivity contribution in [2.24, 2.45) is 5.92 Å². The Morgan fingerprint density at radius 1 is 1.22 bits per heavy atom. The summed E-state index contributed by atoms with van der Waals surface area (Å²) in [6, 6.07) is 3.42. The summed E-state index contributed by atoms with van der Waals surface area (Å²) in [4.78, 5) is 0. The summed E-state index contributed by atoms with van der Waals surface area (Å²) in [6.07, 6.45) is 5.91. The van der Waals surface area contributed by atoms with Crippen LogP contribution in [0.25, 0.3) is 0 Å². The van der Waals surface area contributed by atoms with E-state index in [-0.39, 0.29) is 6.04 Å². The van der Waals surface area contributed by atoms with Crippen LogP contribution in [-0.2, 0) is 0 Å². The molecule has 6 N–H and O–H groups in total. The molecule has 0 unspecified atom stereocenters. The van der Waals surface area contributed by atoms with Gasteiger partial charge in [0.15, 0.2) is 0 Å². The van der Waals surface area contributed by atoms with Crippen LogP contribution in [0, 0.1) is 5.92 Å². The van der Waals surface area contributed by atoms with Crippen molar-refractivity contribution in [1.82, 2.24) is 5.32 Å². The van der Waals surface area contributed by atoms with E-state index in [1.54, 1.807) is 6.07 Å².